The lowest BCUT2D eigenvalue weighted by atomic mass is 9.78. The predicted octanol–water partition coefficient (Wildman–Crippen LogP) is 3.41. The second-order valence-corrected chi connectivity index (χ2v) is 8.50. The highest BCUT2D eigenvalue weighted by atomic mass is 16.5. The zero-order valence-corrected chi connectivity index (χ0v) is 16.5. The van der Waals surface area contributed by atoms with Crippen LogP contribution in [-0.2, 0) is 4.79 Å². The van der Waals surface area contributed by atoms with Gasteiger partial charge in [-0.25, -0.2) is 0 Å². The number of benzene rings is 1. The number of nitrogens with zero attached hydrogens (tertiary/aromatic N) is 1. The lowest BCUT2D eigenvalue weighted by Gasteiger charge is -2.46. The molecule has 27 heavy (non-hydrogen) atoms. The summed E-state index contributed by atoms with van der Waals surface area (Å²) in [5.41, 5.74) is 0.571. The van der Waals surface area contributed by atoms with Crippen LogP contribution in [0.15, 0.2) is 24.3 Å². The van der Waals surface area contributed by atoms with E-state index in [0.717, 1.165) is 63.2 Å². The van der Waals surface area contributed by atoms with Crippen LogP contribution >= 0.6 is 0 Å². The van der Waals surface area contributed by atoms with Gasteiger partial charge < -0.3 is 20.3 Å². The van der Waals surface area contributed by atoms with Crippen LogP contribution < -0.4 is 15.4 Å². The molecule has 0 unspecified atom stereocenters. The van der Waals surface area contributed by atoms with Gasteiger partial charge in [0, 0.05) is 24.8 Å². The van der Waals surface area contributed by atoms with Crippen LogP contribution in [0.25, 0.3) is 0 Å². The zero-order valence-electron chi connectivity index (χ0n) is 16.5. The standard InChI is InChI=1S/C22H33N3O2/c1-27-19-9-7-18(8-10-19)24-22(12-3-2-4-13-22)21(26)25-15-11-20-17(16-25)6-5-14-23-20/h7-10,17,20,23-24H,2-6,11-16H2,1H3/t17-,20+/m1/s1. The van der Waals surface area contributed by atoms with Crippen molar-refractivity contribution < 1.29 is 9.53 Å². The highest BCUT2D eigenvalue weighted by Gasteiger charge is 2.44. The van der Waals surface area contributed by atoms with Crippen molar-refractivity contribution in [2.75, 3.05) is 32.1 Å². The molecule has 0 aromatic heterocycles. The van der Waals surface area contributed by atoms with E-state index in [0.29, 0.717) is 17.9 Å². The quantitative estimate of drug-likeness (QED) is 0.852. The number of ether oxygens (including phenoxy) is 1. The summed E-state index contributed by atoms with van der Waals surface area (Å²) in [6, 6.07) is 8.59. The Hall–Kier alpha value is -1.75. The summed E-state index contributed by atoms with van der Waals surface area (Å²) in [5, 5.41) is 7.31. The molecule has 2 heterocycles. The second kappa shape index (κ2) is 8.09. The molecule has 2 atom stereocenters. The molecular weight excluding hydrogens is 338 g/mol. The van der Waals surface area contributed by atoms with Gasteiger partial charge >= 0.3 is 0 Å². The topological polar surface area (TPSA) is 53.6 Å². The van der Waals surface area contributed by atoms with Gasteiger partial charge in [-0.3, -0.25) is 4.79 Å². The number of rotatable bonds is 4. The van der Waals surface area contributed by atoms with E-state index in [9.17, 15) is 4.79 Å². The van der Waals surface area contributed by atoms with E-state index in [1.54, 1.807) is 7.11 Å². The molecule has 1 aromatic carbocycles. The van der Waals surface area contributed by atoms with E-state index in [1.807, 2.05) is 24.3 Å². The number of likely N-dealkylation sites (tertiary alicyclic amines) is 1. The fraction of sp³-hybridized carbons (Fsp3) is 0.682. The van der Waals surface area contributed by atoms with E-state index in [-0.39, 0.29) is 0 Å². The van der Waals surface area contributed by atoms with Crippen molar-refractivity contribution in [3.8, 4) is 5.75 Å². The first-order chi connectivity index (χ1) is 13.2. The number of piperidine rings is 2. The average Bonchev–Trinajstić information content (AvgIpc) is 2.74. The Kier molecular flexibility index (Phi) is 5.58. The summed E-state index contributed by atoms with van der Waals surface area (Å²) < 4.78 is 5.27. The van der Waals surface area contributed by atoms with Crippen LogP contribution in [0.5, 0.6) is 5.75 Å². The molecule has 5 heteroatoms. The van der Waals surface area contributed by atoms with Gasteiger partial charge in [0.1, 0.15) is 11.3 Å². The Morgan fingerprint density at radius 2 is 1.93 bits per heavy atom. The summed E-state index contributed by atoms with van der Waals surface area (Å²) in [7, 11) is 1.68. The van der Waals surface area contributed by atoms with Crippen LogP contribution in [0.2, 0.25) is 0 Å². The van der Waals surface area contributed by atoms with E-state index in [2.05, 4.69) is 15.5 Å². The summed E-state index contributed by atoms with van der Waals surface area (Å²) >= 11 is 0. The normalized spacial score (nSPS) is 27.5. The number of hydrogen-bond acceptors (Lipinski definition) is 4. The van der Waals surface area contributed by atoms with Crippen molar-refractivity contribution >= 4 is 11.6 Å². The number of amides is 1. The average molecular weight is 372 g/mol. The van der Waals surface area contributed by atoms with E-state index < -0.39 is 5.54 Å². The van der Waals surface area contributed by atoms with Gasteiger partial charge in [0.2, 0.25) is 5.91 Å². The fourth-order valence-corrected chi connectivity index (χ4v) is 5.23. The number of hydrogen-bond donors (Lipinski definition) is 2. The van der Waals surface area contributed by atoms with E-state index in [1.165, 1.54) is 19.3 Å². The highest BCUT2D eigenvalue weighted by molar-refractivity contribution is 5.89. The van der Waals surface area contributed by atoms with Gasteiger partial charge in [-0.05, 0) is 68.8 Å². The summed E-state index contributed by atoms with van der Waals surface area (Å²) in [6.45, 7) is 2.94. The lowest BCUT2D eigenvalue weighted by molar-refractivity contribution is -0.139. The maximum atomic E-state index is 13.7. The third-order valence-electron chi connectivity index (χ3n) is 6.77. The van der Waals surface area contributed by atoms with Crippen LogP contribution in [0.4, 0.5) is 5.69 Å². The molecule has 3 aliphatic rings. The Morgan fingerprint density at radius 1 is 1.15 bits per heavy atom. The van der Waals surface area contributed by atoms with Crippen molar-refractivity contribution in [1.82, 2.24) is 10.2 Å². The Morgan fingerprint density at radius 3 is 2.67 bits per heavy atom. The second-order valence-electron chi connectivity index (χ2n) is 8.50. The van der Waals surface area contributed by atoms with Crippen molar-refractivity contribution in [2.24, 2.45) is 5.92 Å². The fourth-order valence-electron chi connectivity index (χ4n) is 5.23. The molecule has 3 fully saturated rings. The van der Waals surface area contributed by atoms with Gasteiger partial charge in [0.15, 0.2) is 0 Å². The molecule has 1 amide bonds. The first-order valence-corrected chi connectivity index (χ1v) is 10.7. The van der Waals surface area contributed by atoms with Crippen molar-refractivity contribution in [1.29, 1.82) is 0 Å². The molecular formula is C22H33N3O2. The maximum Gasteiger partial charge on any atom is 0.248 e. The molecule has 0 bridgehead atoms. The van der Waals surface area contributed by atoms with Crippen LogP contribution in [-0.4, -0.2) is 49.1 Å². The highest BCUT2D eigenvalue weighted by Crippen LogP contribution is 2.36. The third-order valence-corrected chi connectivity index (χ3v) is 6.77. The van der Waals surface area contributed by atoms with Gasteiger partial charge in [-0.2, -0.15) is 0 Å². The summed E-state index contributed by atoms with van der Waals surface area (Å²) in [4.78, 5) is 15.9. The maximum absolute atomic E-state index is 13.7. The Labute approximate surface area is 162 Å². The molecule has 2 saturated heterocycles. The summed E-state index contributed by atoms with van der Waals surface area (Å²) in [6.07, 6.45) is 8.91. The van der Waals surface area contributed by atoms with E-state index in [4.69, 9.17) is 4.74 Å². The van der Waals surface area contributed by atoms with Crippen LogP contribution in [0.1, 0.15) is 51.4 Å². The van der Waals surface area contributed by atoms with Gasteiger partial charge in [0.05, 0.1) is 7.11 Å². The number of anilines is 1. The Balaban J connectivity index is 1.50. The minimum absolute atomic E-state index is 0.321. The van der Waals surface area contributed by atoms with Gasteiger partial charge in [-0.15, -0.1) is 0 Å². The van der Waals surface area contributed by atoms with Gasteiger partial charge in [0.25, 0.3) is 0 Å². The van der Waals surface area contributed by atoms with Gasteiger partial charge in [-0.1, -0.05) is 19.3 Å². The van der Waals surface area contributed by atoms with Crippen molar-refractivity contribution in [3.05, 3.63) is 24.3 Å². The van der Waals surface area contributed by atoms with Crippen molar-refractivity contribution in [2.45, 2.75) is 62.9 Å². The molecule has 0 radical (unpaired) electrons. The molecule has 148 valence electrons. The molecule has 2 N–H and O–H groups in total. The molecule has 1 saturated carbocycles. The molecule has 2 aliphatic heterocycles. The Bertz CT molecular complexity index is 639. The SMILES string of the molecule is COc1ccc(NC2(C(=O)N3CC[C@@H]4NCCC[C@@H]4C3)CCCCC2)cc1. The number of methoxy groups -OCH3 is 1. The molecule has 1 aromatic rings. The zero-order chi connectivity index (χ0) is 18.7. The minimum atomic E-state index is -0.443. The largest absolute Gasteiger partial charge is 0.497 e. The first kappa shape index (κ1) is 18.6. The number of carbonyl (C=O) groups is 1. The van der Waals surface area contributed by atoms with Crippen molar-refractivity contribution in [3.63, 3.8) is 0 Å². The monoisotopic (exact) mass is 371 g/mol. The predicted molar refractivity (Wildman–Crippen MR) is 108 cm³/mol. The number of fused-ring (bicyclic) bond motifs is 1. The summed E-state index contributed by atoms with van der Waals surface area (Å²) in [5.74, 6) is 1.79. The number of carbonyl (C=O) groups excluding carboxylic acids is 1. The van der Waals surface area contributed by atoms with E-state index >= 15 is 0 Å². The van der Waals surface area contributed by atoms with Crippen LogP contribution in [0, 0.1) is 5.92 Å². The third kappa shape index (κ3) is 3.93. The smallest absolute Gasteiger partial charge is 0.248 e. The molecule has 4 rings (SSSR count). The van der Waals surface area contributed by atoms with Crippen LogP contribution in [0.3, 0.4) is 0 Å². The minimum Gasteiger partial charge on any atom is -0.497 e. The first-order valence-electron chi connectivity index (χ1n) is 10.7. The number of nitrogens with one attached hydrogen (secondary N) is 2. The molecule has 0 spiro atoms. The lowest BCUT2D eigenvalue weighted by Crippen LogP contribution is -2.60. The molecule has 1 aliphatic carbocycles. The molecule has 5 nitrogen and oxygen atoms in total.